The van der Waals surface area contributed by atoms with E-state index >= 15 is 0 Å². The second-order valence-electron chi connectivity index (χ2n) is 5.49. The number of phenolic OH excluding ortho intramolecular Hbond substituents is 1. The van der Waals surface area contributed by atoms with Crippen molar-refractivity contribution in [2.24, 2.45) is 10.9 Å². The van der Waals surface area contributed by atoms with E-state index in [9.17, 15) is 5.11 Å². The van der Waals surface area contributed by atoms with Gasteiger partial charge in [-0.05, 0) is 37.5 Å². The van der Waals surface area contributed by atoms with Gasteiger partial charge in [0.15, 0.2) is 17.5 Å². The maximum atomic E-state index is 9.74. The van der Waals surface area contributed by atoms with Crippen LogP contribution in [0.4, 0.5) is 0 Å². The molecule has 1 aromatic rings. The Morgan fingerprint density at radius 1 is 1.17 bits per heavy atom. The number of hydrogen-bond acceptors (Lipinski definition) is 3. The molecule has 3 N–H and O–H groups in total. The molecular formula is C18H32IN3O2. The molecule has 0 bridgehead atoms. The monoisotopic (exact) mass is 449 g/mol. The molecule has 0 aromatic heterocycles. The van der Waals surface area contributed by atoms with Crippen LogP contribution in [-0.4, -0.2) is 30.8 Å². The zero-order chi connectivity index (χ0) is 17.1. The van der Waals surface area contributed by atoms with E-state index in [1.165, 1.54) is 12.8 Å². The largest absolute Gasteiger partial charge is 0.504 e. The van der Waals surface area contributed by atoms with Crippen LogP contribution in [0.5, 0.6) is 11.5 Å². The highest BCUT2D eigenvalue weighted by atomic mass is 127. The number of guanidine groups is 1. The maximum Gasteiger partial charge on any atom is 0.191 e. The molecule has 6 heteroatoms. The molecule has 0 fully saturated rings. The summed E-state index contributed by atoms with van der Waals surface area (Å²) in [7, 11) is 0. The summed E-state index contributed by atoms with van der Waals surface area (Å²) in [5.74, 6) is 2.16. The Morgan fingerprint density at radius 2 is 1.88 bits per heavy atom. The molecule has 0 aliphatic heterocycles. The zero-order valence-corrected chi connectivity index (χ0v) is 17.6. The molecule has 0 atom stereocenters. The summed E-state index contributed by atoms with van der Waals surface area (Å²) < 4.78 is 5.41. The van der Waals surface area contributed by atoms with Crippen LogP contribution < -0.4 is 15.4 Å². The van der Waals surface area contributed by atoms with Gasteiger partial charge in [-0.3, -0.25) is 0 Å². The van der Waals surface area contributed by atoms with Crippen molar-refractivity contribution in [3.8, 4) is 11.5 Å². The molecule has 5 nitrogen and oxygen atoms in total. The number of nitrogens with one attached hydrogen (secondary N) is 2. The fraction of sp³-hybridized carbons (Fsp3) is 0.611. The molecule has 0 saturated heterocycles. The second kappa shape index (κ2) is 13.1. The minimum Gasteiger partial charge on any atom is -0.504 e. The molecule has 0 saturated carbocycles. The average Bonchev–Trinajstić information content (AvgIpc) is 2.56. The Labute approximate surface area is 163 Å². The highest BCUT2D eigenvalue weighted by Crippen LogP contribution is 2.27. The van der Waals surface area contributed by atoms with Crippen LogP contribution in [0.15, 0.2) is 23.2 Å². The molecule has 0 aliphatic rings. The van der Waals surface area contributed by atoms with E-state index in [0.29, 0.717) is 24.8 Å². The van der Waals surface area contributed by atoms with Gasteiger partial charge in [0.2, 0.25) is 0 Å². The summed E-state index contributed by atoms with van der Waals surface area (Å²) in [4.78, 5) is 4.61. The lowest BCUT2D eigenvalue weighted by atomic mass is 10.0. The van der Waals surface area contributed by atoms with E-state index in [0.717, 1.165) is 24.6 Å². The van der Waals surface area contributed by atoms with Crippen LogP contribution in [-0.2, 0) is 6.54 Å². The Kier molecular flexibility index (Phi) is 12.5. The first kappa shape index (κ1) is 22.8. The third-order valence-corrected chi connectivity index (χ3v) is 3.80. The van der Waals surface area contributed by atoms with Crippen molar-refractivity contribution in [3.63, 3.8) is 0 Å². The molecular weight excluding hydrogens is 417 g/mol. The Bertz CT molecular complexity index is 491. The first-order valence-corrected chi connectivity index (χ1v) is 8.61. The third kappa shape index (κ3) is 8.08. The number of benzene rings is 1. The Hall–Kier alpha value is -1.18. The van der Waals surface area contributed by atoms with Crippen LogP contribution in [0.3, 0.4) is 0 Å². The van der Waals surface area contributed by atoms with Crippen molar-refractivity contribution in [1.82, 2.24) is 10.6 Å². The predicted molar refractivity (Wildman–Crippen MR) is 112 cm³/mol. The van der Waals surface area contributed by atoms with Crippen LogP contribution in [0.1, 0.15) is 46.1 Å². The van der Waals surface area contributed by atoms with Crippen molar-refractivity contribution in [2.45, 2.75) is 47.1 Å². The summed E-state index contributed by atoms with van der Waals surface area (Å²) in [6.45, 7) is 11.2. The first-order valence-electron chi connectivity index (χ1n) is 8.61. The van der Waals surface area contributed by atoms with Crippen molar-refractivity contribution in [1.29, 1.82) is 0 Å². The number of rotatable bonds is 9. The Morgan fingerprint density at radius 3 is 2.46 bits per heavy atom. The van der Waals surface area contributed by atoms with Gasteiger partial charge in [-0.25, -0.2) is 4.99 Å². The molecule has 1 rings (SSSR count). The SMILES string of the molecule is CCNC(=NCc1ccc(O)c(OCC)c1)NCC(CC)CC.I. The highest BCUT2D eigenvalue weighted by molar-refractivity contribution is 14.0. The molecule has 0 heterocycles. The van der Waals surface area contributed by atoms with E-state index in [1.54, 1.807) is 6.07 Å². The van der Waals surface area contributed by atoms with Crippen LogP contribution >= 0.6 is 24.0 Å². The average molecular weight is 449 g/mol. The minimum absolute atomic E-state index is 0. The number of aromatic hydroxyl groups is 1. The zero-order valence-electron chi connectivity index (χ0n) is 15.3. The van der Waals surface area contributed by atoms with Gasteiger partial charge in [0.05, 0.1) is 13.2 Å². The lowest BCUT2D eigenvalue weighted by molar-refractivity contribution is 0.318. The summed E-state index contributed by atoms with van der Waals surface area (Å²) in [6, 6.07) is 5.36. The van der Waals surface area contributed by atoms with Gasteiger partial charge < -0.3 is 20.5 Å². The van der Waals surface area contributed by atoms with Crippen LogP contribution in [0.25, 0.3) is 0 Å². The fourth-order valence-electron chi connectivity index (χ4n) is 2.26. The number of phenols is 1. The standard InChI is InChI=1S/C18H31N3O2.HI/c1-5-14(6-2)12-20-18(19-7-3)21-13-15-9-10-16(22)17(11-15)23-8-4;/h9-11,14,22H,5-8,12-13H2,1-4H3,(H2,19,20,21);1H. The van der Waals surface area contributed by atoms with Crippen molar-refractivity contribution >= 4 is 29.9 Å². The molecule has 0 unspecified atom stereocenters. The van der Waals surface area contributed by atoms with Gasteiger partial charge >= 0.3 is 0 Å². The minimum atomic E-state index is 0. The second-order valence-corrected chi connectivity index (χ2v) is 5.49. The van der Waals surface area contributed by atoms with Gasteiger partial charge in [-0.15, -0.1) is 24.0 Å². The Balaban J connectivity index is 0.00000529. The van der Waals surface area contributed by atoms with Crippen molar-refractivity contribution in [3.05, 3.63) is 23.8 Å². The highest BCUT2D eigenvalue weighted by Gasteiger charge is 2.06. The maximum absolute atomic E-state index is 9.74. The smallest absolute Gasteiger partial charge is 0.191 e. The normalized spacial score (nSPS) is 11.1. The van der Waals surface area contributed by atoms with E-state index in [-0.39, 0.29) is 29.7 Å². The molecule has 138 valence electrons. The number of ether oxygens (including phenoxy) is 1. The summed E-state index contributed by atoms with van der Waals surface area (Å²) in [6.07, 6.45) is 2.33. The topological polar surface area (TPSA) is 65.9 Å². The lowest BCUT2D eigenvalue weighted by Gasteiger charge is -2.16. The van der Waals surface area contributed by atoms with E-state index in [1.807, 2.05) is 19.1 Å². The van der Waals surface area contributed by atoms with Gasteiger partial charge in [-0.2, -0.15) is 0 Å². The summed E-state index contributed by atoms with van der Waals surface area (Å²) in [5.41, 5.74) is 1.01. The summed E-state index contributed by atoms with van der Waals surface area (Å²) in [5, 5.41) is 16.4. The molecule has 0 aliphatic carbocycles. The first-order chi connectivity index (χ1) is 11.1. The van der Waals surface area contributed by atoms with Gasteiger partial charge in [0.1, 0.15) is 0 Å². The predicted octanol–water partition coefficient (Wildman–Crippen LogP) is 3.90. The molecule has 24 heavy (non-hydrogen) atoms. The molecule has 1 aromatic carbocycles. The van der Waals surface area contributed by atoms with Gasteiger partial charge in [0.25, 0.3) is 0 Å². The van der Waals surface area contributed by atoms with Crippen molar-refractivity contribution < 1.29 is 9.84 Å². The van der Waals surface area contributed by atoms with Crippen LogP contribution in [0, 0.1) is 5.92 Å². The van der Waals surface area contributed by atoms with Crippen LogP contribution in [0.2, 0.25) is 0 Å². The molecule has 0 radical (unpaired) electrons. The third-order valence-electron chi connectivity index (χ3n) is 3.80. The molecule has 0 amide bonds. The summed E-state index contributed by atoms with van der Waals surface area (Å²) >= 11 is 0. The van der Waals surface area contributed by atoms with E-state index < -0.39 is 0 Å². The fourth-order valence-corrected chi connectivity index (χ4v) is 2.26. The van der Waals surface area contributed by atoms with Gasteiger partial charge in [-0.1, -0.05) is 32.8 Å². The number of nitrogens with zero attached hydrogens (tertiary/aromatic N) is 1. The lowest BCUT2D eigenvalue weighted by Crippen LogP contribution is -2.39. The quantitative estimate of drug-likeness (QED) is 0.304. The number of hydrogen-bond donors (Lipinski definition) is 3. The van der Waals surface area contributed by atoms with Crippen molar-refractivity contribution in [2.75, 3.05) is 19.7 Å². The number of aliphatic imine (C=N–C) groups is 1. The van der Waals surface area contributed by atoms with E-state index in [4.69, 9.17) is 4.74 Å². The molecule has 0 spiro atoms. The number of halogens is 1. The van der Waals surface area contributed by atoms with E-state index in [2.05, 4.69) is 36.4 Å². The van der Waals surface area contributed by atoms with Gasteiger partial charge in [0, 0.05) is 13.1 Å².